The number of nitrogen functional groups attached to an aromatic ring is 1. The summed E-state index contributed by atoms with van der Waals surface area (Å²) in [6, 6.07) is 0. The third kappa shape index (κ3) is 1.00. The Morgan fingerprint density at radius 2 is 2.45 bits per heavy atom. The molecule has 0 saturated carbocycles. The lowest BCUT2D eigenvalue weighted by Gasteiger charge is -2.15. The summed E-state index contributed by atoms with van der Waals surface area (Å²) in [4.78, 5) is 0. The van der Waals surface area contributed by atoms with Crippen LogP contribution in [0.3, 0.4) is 0 Å². The van der Waals surface area contributed by atoms with Gasteiger partial charge in [-0.15, -0.1) is 0 Å². The second kappa shape index (κ2) is 2.26. The molecule has 0 unspecified atom stereocenters. The van der Waals surface area contributed by atoms with Gasteiger partial charge in [-0.25, -0.2) is 0 Å². The molecule has 0 amide bonds. The molecule has 3 nitrogen and oxygen atoms in total. The van der Waals surface area contributed by atoms with E-state index in [4.69, 9.17) is 10.3 Å². The summed E-state index contributed by atoms with van der Waals surface area (Å²) in [5, 5.41) is 3.89. The van der Waals surface area contributed by atoms with Crippen molar-refractivity contribution in [3.05, 3.63) is 11.3 Å². The molecule has 0 saturated heterocycles. The van der Waals surface area contributed by atoms with Crippen LogP contribution in [0.1, 0.15) is 24.6 Å². The Morgan fingerprint density at radius 1 is 1.64 bits per heavy atom. The Kier molecular flexibility index (Phi) is 1.37. The molecule has 0 fully saturated rings. The van der Waals surface area contributed by atoms with Crippen LogP contribution in [0.15, 0.2) is 4.52 Å². The van der Waals surface area contributed by atoms with E-state index in [0.29, 0.717) is 5.88 Å². The highest BCUT2D eigenvalue weighted by Crippen LogP contribution is 2.28. The Balaban J connectivity index is 2.37. The molecule has 1 atom stereocenters. The minimum atomic E-state index is 0.520. The van der Waals surface area contributed by atoms with Gasteiger partial charge in [0, 0.05) is 5.56 Å². The monoisotopic (exact) mass is 152 g/mol. The molecule has 11 heavy (non-hydrogen) atoms. The first-order valence-electron chi connectivity index (χ1n) is 4.00. The number of aryl methyl sites for hydroxylation is 1. The van der Waals surface area contributed by atoms with Gasteiger partial charge in [-0.1, -0.05) is 12.1 Å². The lowest BCUT2D eigenvalue weighted by atomic mass is 9.89. The lowest BCUT2D eigenvalue weighted by molar-refractivity contribution is 0.423. The van der Waals surface area contributed by atoms with Crippen molar-refractivity contribution in [1.82, 2.24) is 5.16 Å². The summed E-state index contributed by atoms with van der Waals surface area (Å²) in [5.41, 5.74) is 7.81. The van der Waals surface area contributed by atoms with Crippen LogP contribution < -0.4 is 5.73 Å². The molecule has 1 aromatic heterocycles. The summed E-state index contributed by atoms with van der Waals surface area (Å²) >= 11 is 0. The standard InChI is InChI=1S/C8H12N2O/c1-5-2-3-7-6(4-5)8(9)11-10-7/h5H,2-4,9H2,1H3/t5-/m1/s1. The normalized spacial score (nSPS) is 23.2. The average Bonchev–Trinajstić information content (AvgIpc) is 2.33. The fourth-order valence-electron chi connectivity index (χ4n) is 1.61. The van der Waals surface area contributed by atoms with Crippen molar-refractivity contribution in [3.63, 3.8) is 0 Å². The van der Waals surface area contributed by atoms with Crippen LogP contribution in [0, 0.1) is 5.92 Å². The number of fused-ring (bicyclic) bond motifs is 1. The minimum Gasteiger partial charge on any atom is -0.367 e. The van der Waals surface area contributed by atoms with E-state index < -0.39 is 0 Å². The van der Waals surface area contributed by atoms with Crippen molar-refractivity contribution in [2.75, 3.05) is 5.73 Å². The van der Waals surface area contributed by atoms with Crippen LogP contribution in [0.2, 0.25) is 0 Å². The highest BCUT2D eigenvalue weighted by atomic mass is 16.5. The third-order valence-electron chi connectivity index (χ3n) is 2.33. The molecule has 2 N–H and O–H groups in total. The zero-order valence-corrected chi connectivity index (χ0v) is 6.63. The lowest BCUT2D eigenvalue weighted by Crippen LogP contribution is -2.11. The van der Waals surface area contributed by atoms with Gasteiger partial charge in [0.05, 0.1) is 5.69 Å². The van der Waals surface area contributed by atoms with E-state index in [1.807, 2.05) is 0 Å². The number of hydrogen-bond acceptors (Lipinski definition) is 3. The second-order valence-corrected chi connectivity index (χ2v) is 3.32. The van der Waals surface area contributed by atoms with Gasteiger partial charge < -0.3 is 10.3 Å². The van der Waals surface area contributed by atoms with Gasteiger partial charge >= 0.3 is 0 Å². The van der Waals surface area contributed by atoms with Gasteiger partial charge in [-0.2, -0.15) is 0 Å². The van der Waals surface area contributed by atoms with E-state index in [9.17, 15) is 0 Å². The summed E-state index contributed by atoms with van der Waals surface area (Å²) in [6.07, 6.45) is 3.26. The number of nitrogens with zero attached hydrogens (tertiary/aromatic N) is 1. The van der Waals surface area contributed by atoms with Crippen LogP contribution >= 0.6 is 0 Å². The summed E-state index contributed by atoms with van der Waals surface area (Å²) in [6.45, 7) is 2.23. The van der Waals surface area contributed by atoms with Gasteiger partial charge in [-0.3, -0.25) is 0 Å². The number of rotatable bonds is 0. The zero-order valence-electron chi connectivity index (χ0n) is 6.63. The third-order valence-corrected chi connectivity index (χ3v) is 2.33. The maximum absolute atomic E-state index is 5.59. The molecule has 0 aromatic carbocycles. The van der Waals surface area contributed by atoms with Crippen LogP contribution in [0.5, 0.6) is 0 Å². The topological polar surface area (TPSA) is 52.0 Å². The molecular weight excluding hydrogens is 140 g/mol. The van der Waals surface area contributed by atoms with Gasteiger partial charge in [0.2, 0.25) is 5.88 Å². The minimum absolute atomic E-state index is 0.520. The summed E-state index contributed by atoms with van der Waals surface area (Å²) in [7, 11) is 0. The van der Waals surface area contributed by atoms with Gasteiger partial charge in [0.25, 0.3) is 0 Å². The van der Waals surface area contributed by atoms with Crippen molar-refractivity contribution in [2.45, 2.75) is 26.2 Å². The largest absolute Gasteiger partial charge is 0.367 e. The van der Waals surface area contributed by atoms with Gasteiger partial charge in [0.1, 0.15) is 0 Å². The molecule has 1 aliphatic rings. The first kappa shape index (κ1) is 6.70. The van der Waals surface area contributed by atoms with Crippen LogP contribution in [0.4, 0.5) is 5.88 Å². The molecular formula is C8H12N2O. The Bertz CT molecular complexity index is 267. The summed E-state index contributed by atoms with van der Waals surface area (Å²) < 4.78 is 4.89. The van der Waals surface area contributed by atoms with Crippen LogP contribution in [-0.2, 0) is 12.8 Å². The molecule has 3 heteroatoms. The van der Waals surface area contributed by atoms with E-state index in [2.05, 4.69) is 12.1 Å². The van der Waals surface area contributed by atoms with Crippen LogP contribution in [0.25, 0.3) is 0 Å². The van der Waals surface area contributed by atoms with E-state index >= 15 is 0 Å². The molecule has 60 valence electrons. The van der Waals surface area contributed by atoms with E-state index in [0.717, 1.165) is 30.0 Å². The number of hydrogen-bond donors (Lipinski definition) is 1. The molecule has 1 aromatic rings. The SMILES string of the molecule is C[C@@H]1CCc2noc(N)c2C1. The van der Waals surface area contributed by atoms with E-state index in [-0.39, 0.29) is 0 Å². The fourth-order valence-corrected chi connectivity index (χ4v) is 1.61. The van der Waals surface area contributed by atoms with Crippen molar-refractivity contribution in [2.24, 2.45) is 5.92 Å². The van der Waals surface area contributed by atoms with Crippen molar-refractivity contribution >= 4 is 5.88 Å². The van der Waals surface area contributed by atoms with Crippen molar-refractivity contribution in [3.8, 4) is 0 Å². The molecule has 0 spiro atoms. The highest BCUT2D eigenvalue weighted by molar-refractivity contribution is 5.40. The maximum atomic E-state index is 5.59. The van der Waals surface area contributed by atoms with E-state index in [1.54, 1.807) is 0 Å². The number of anilines is 1. The predicted octanol–water partition coefficient (Wildman–Crippen LogP) is 1.38. The number of nitrogens with two attached hydrogens (primary N) is 1. The van der Waals surface area contributed by atoms with Gasteiger partial charge in [0.15, 0.2) is 0 Å². The smallest absolute Gasteiger partial charge is 0.225 e. The first-order chi connectivity index (χ1) is 5.27. The molecule has 0 bridgehead atoms. The quantitative estimate of drug-likeness (QED) is 0.611. The van der Waals surface area contributed by atoms with Crippen molar-refractivity contribution in [1.29, 1.82) is 0 Å². The zero-order chi connectivity index (χ0) is 7.84. The van der Waals surface area contributed by atoms with Crippen LogP contribution in [-0.4, -0.2) is 5.16 Å². The molecule has 0 aliphatic heterocycles. The average molecular weight is 152 g/mol. The molecule has 2 rings (SSSR count). The van der Waals surface area contributed by atoms with Gasteiger partial charge in [-0.05, 0) is 25.2 Å². The molecule has 0 radical (unpaired) electrons. The highest BCUT2D eigenvalue weighted by Gasteiger charge is 2.21. The Morgan fingerprint density at radius 3 is 3.27 bits per heavy atom. The Labute approximate surface area is 65.6 Å². The van der Waals surface area contributed by atoms with Crippen molar-refractivity contribution < 1.29 is 4.52 Å². The first-order valence-corrected chi connectivity index (χ1v) is 4.00. The molecule has 1 heterocycles. The molecule has 1 aliphatic carbocycles. The maximum Gasteiger partial charge on any atom is 0.225 e. The predicted molar refractivity (Wildman–Crippen MR) is 42.1 cm³/mol. The Hall–Kier alpha value is -0.990. The number of aromatic nitrogens is 1. The fraction of sp³-hybridized carbons (Fsp3) is 0.625. The second-order valence-electron chi connectivity index (χ2n) is 3.32. The van der Waals surface area contributed by atoms with E-state index in [1.165, 1.54) is 6.42 Å². The summed E-state index contributed by atoms with van der Waals surface area (Å²) in [5.74, 6) is 1.25.